The maximum atomic E-state index is 3.34. The fraction of sp³-hybridized carbons (Fsp3) is 0.179. The van der Waals surface area contributed by atoms with Gasteiger partial charge in [-0.25, -0.2) is 4.58 Å². The van der Waals surface area contributed by atoms with Crippen LogP contribution < -0.4 is 10.2 Å². The maximum Gasteiger partial charge on any atom is 0.199 e. The van der Waals surface area contributed by atoms with E-state index in [-0.39, 0.29) is 0 Å². The van der Waals surface area contributed by atoms with Crippen molar-refractivity contribution in [3.05, 3.63) is 102 Å². The molecule has 0 saturated carbocycles. The minimum Gasteiger partial charge on any atom is -0.388 e. The van der Waals surface area contributed by atoms with Gasteiger partial charge < -0.3 is 10.2 Å². The van der Waals surface area contributed by atoms with Crippen LogP contribution in [0.15, 0.2) is 90.5 Å². The molecule has 3 aromatic rings. The van der Waals surface area contributed by atoms with Gasteiger partial charge in [-0.05, 0) is 58.0 Å². The van der Waals surface area contributed by atoms with Crippen molar-refractivity contribution in [3.8, 4) is 0 Å². The van der Waals surface area contributed by atoms with Gasteiger partial charge in [-0.3, -0.25) is 0 Å². The largest absolute Gasteiger partial charge is 0.388 e. The van der Waals surface area contributed by atoms with E-state index in [1.165, 1.54) is 44.4 Å². The quantitative estimate of drug-likeness (QED) is 0.567. The number of hydrogen-bond acceptors (Lipinski definition) is 2. The fourth-order valence-corrected chi connectivity index (χ4v) is 4.07. The van der Waals surface area contributed by atoms with Crippen LogP contribution in [-0.4, -0.2) is 45.5 Å². The molecular weight excluding hydrogens is 378 g/mol. The Labute approximate surface area is 185 Å². The molecular formula is C28H30N3+. The van der Waals surface area contributed by atoms with Gasteiger partial charge in [0.15, 0.2) is 5.71 Å². The lowest BCUT2D eigenvalue weighted by molar-refractivity contribution is -0.462. The topological polar surface area (TPSA) is 18.3 Å². The molecule has 1 aliphatic rings. The summed E-state index contributed by atoms with van der Waals surface area (Å²) in [6.45, 7) is 0. The van der Waals surface area contributed by atoms with Crippen molar-refractivity contribution in [2.45, 2.75) is 0 Å². The average molecular weight is 409 g/mol. The van der Waals surface area contributed by atoms with Crippen molar-refractivity contribution in [2.24, 2.45) is 0 Å². The lowest BCUT2D eigenvalue weighted by Gasteiger charge is -2.19. The highest BCUT2D eigenvalue weighted by molar-refractivity contribution is 6.07. The minimum atomic E-state index is 1.14. The fourth-order valence-electron chi connectivity index (χ4n) is 4.07. The summed E-state index contributed by atoms with van der Waals surface area (Å²) in [5.41, 5.74) is 8.45. The molecule has 0 bridgehead atoms. The molecule has 0 spiro atoms. The smallest absolute Gasteiger partial charge is 0.199 e. The second-order valence-electron chi connectivity index (χ2n) is 8.21. The average Bonchev–Trinajstić information content (AvgIpc) is 2.80. The van der Waals surface area contributed by atoms with Crippen LogP contribution in [0.25, 0.3) is 16.3 Å². The Kier molecular flexibility index (Phi) is 5.77. The number of rotatable bonds is 4. The number of hydrogen-bond donors (Lipinski definition) is 1. The van der Waals surface area contributed by atoms with Crippen molar-refractivity contribution in [1.82, 2.24) is 0 Å². The van der Waals surface area contributed by atoms with Gasteiger partial charge in [0.25, 0.3) is 0 Å². The zero-order chi connectivity index (χ0) is 22.0. The molecule has 3 heteroatoms. The van der Waals surface area contributed by atoms with E-state index < -0.39 is 0 Å². The molecule has 0 atom stereocenters. The molecule has 0 heterocycles. The highest BCUT2D eigenvalue weighted by Crippen LogP contribution is 2.37. The van der Waals surface area contributed by atoms with E-state index in [1.807, 2.05) is 7.05 Å². The van der Waals surface area contributed by atoms with Crippen LogP contribution >= 0.6 is 0 Å². The van der Waals surface area contributed by atoms with Crippen molar-refractivity contribution in [2.75, 3.05) is 45.5 Å². The third-order valence-electron chi connectivity index (χ3n) is 5.81. The Balaban J connectivity index is 1.98. The normalized spacial score (nSPS) is 12.9. The van der Waals surface area contributed by atoms with Crippen molar-refractivity contribution < 1.29 is 4.58 Å². The number of nitrogens with zero attached hydrogens (tertiary/aromatic N) is 2. The van der Waals surface area contributed by atoms with Crippen LogP contribution in [0.2, 0.25) is 0 Å². The van der Waals surface area contributed by atoms with Gasteiger partial charge in [-0.1, -0.05) is 42.5 Å². The molecule has 0 amide bonds. The zero-order valence-electron chi connectivity index (χ0n) is 19.0. The minimum absolute atomic E-state index is 1.14. The summed E-state index contributed by atoms with van der Waals surface area (Å²) in [5, 5.41) is 5.81. The lowest BCUT2D eigenvalue weighted by atomic mass is 9.87. The van der Waals surface area contributed by atoms with Crippen LogP contribution in [0, 0.1) is 0 Å². The molecule has 0 fully saturated rings. The second-order valence-corrected chi connectivity index (χ2v) is 8.21. The van der Waals surface area contributed by atoms with Gasteiger partial charge in [0.2, 0.25) is 0 Å². The Hall–Kier alpha value is -3.59. The Morgan fingerprint density at radius 3 is 2.00 bits per heavy atom. The van der Waals surface area contributed by atoms with Crippen molar-refractivity contribution >= 4 is 33.4 Å². The number of benzene rings is 3. The molecule has 4 rings (SSSR count). The summed E-state index contributed by atoms with van der Waals surface area (Å²) in [7, 11) is 10.3. The predicted molar refractivity (Wildman–Crippen MR) is 136 cm³/mol. The van der Waals surface area contributed by atoms with E-state index in [0.717, 1.165) is 5.69 Å². The number of nitrogens with one attached hydrogen (secondary N) is 1. The SMILES string of the molecule is CNc1ccc(C(=C2C=CC(=[N+](C)C)C=C2)c2ccc(N(C)C)cc2)c2ccccc12. The molecule has 3 aromatic carbocycles. The molecule has 1 aliphatic carbocycles. The predicted octanol–water partition coefficient (Wildman–Crippen LogP) is 5.59. The third-order valence-corrected chi connectivity index (χ3v) is 5.81. The second kappa shape index (κ2) is 8.65. The summed E-state index contributed by atoms with van der Waals surface area (Å²) >= 11 is 0. The monoisotopic (exact) mass is 408 g/mol. The highest BCUT2D eigenvalue weighted by Gasteiger charge is 2.16. The molecule has 3 nitrogen and oxygen atoms in total. The Morgan fingerprint density at radius 2 is 1.42 bits per heavy atom. The number of allylic oxidation sites excluding steroid dienone is 5. The van der Waals surface area contributed by atoms with Gasteiger partial charge in [-0.2, -0.15) is 0 Å². The van der Waals surface area contributed by atoms with Crippen molar-refractivity contribution in [1.29, 1.82) is 0 Å². The highest BCUT2D eigenvalue weighted by atomic mass is 15.1. The van der Waals surface area contributed by atoms with Crippen LogP contribution in [0.1, 0.15) is 11.1 Å². The van der Waals surface area contributed by atoms with E-state index in [1.54, 1.807) is 0 Å². The van der Waals surface area contributed by atoms with Gasteiger partial charge in [0.05, 0.1) is 0 Å². The Morgan fingerprint density at radius 1 is 0.774 bits per heavy atom. The number of fused-ring (bicyclic) bond motifs is 1. The van der Waals surface area contributed by atoms with Crippen LogP contribution in [-0.2, 0) is 0 Å². The third kappa shape index (κ3) is 4.04. The summed E-state index contributed by atoms with van der Waals surface area (Å²) < 4.78 is 2.13. The molecule has 0 aromatic heterocycles. The van der Waals surface area contributed by atoms with Gasteiger partial charge >= 0.3 is 0 Å². The maximum absolute atomic E-state index is 3.34. The first-order valence-corrected chi connectivity index (χ1v) is 10.6. The van der Waals surface area contributed by atoms with Gasteiger partial charge in [0.1, 0.15) is 14.1 Å². The molecule has 0 unspecified atom stereocenters. The summed E-state index contributed by atoms with van der Waals surface area (Å²) in [6.07, 6.45) is 8.83. The van der Waals surface area contributed by atoms with Crippen molar-refractivity contribution in [3.63, 3.8) is 0 Å². The summed E-state index contributed by atoms with van der Waals surface area (Å²) in [6, 6.07) is 21.9. The first-order chi connectivity index (χ1) is 15.0. The van der Waals surface area contributed by atoms with E-state index in [0.29, 0.717) is 0 Å². The summed E-state index contributed by atoms with van der Waals surface area (Å²) in [4.78, 5) is 2.13. The first kappa shape index (κ1) is 20.7. The summed E-state index contributed by atoms with van der Waals surface area (Å²) in [5.74, 6) is 0. The molecule has 156 valence electrons. The van der Waals surface area contributed by atoms with Gasteiger partial charge in [0, 0.05) is 50.1 Å². The molecule has 0 saturated heterocycles. The van der Waals surface area contributed by atoms with E-state index >= 15 is 0 Å². The van der Waals surface area contributed by atoms with E-state index in [4.69, 9.17) is 0 Å². The lowest BCUT2D eigenvalue weighted by Crippen LogP contribution is -2.10. The molecule has 31 heavy (non-hydrogen) atoms. The van der Waals surface area contributed by atoms with Crippen LogP contribution in [0.5, 0.6) is 0 Å². The Bertz CT molecular complexity index is 1220. The first-order valence-electron chi connectivity index (χ1n) is 10.6. The van der Waals surface area contributed by atoms with Gasteiger partial charge in [-0.15, -0.1) is 0 Å². The standard InChI is InChI=1S/C28H29N3/c1-29-27-19-18-26(24-8-6-7-9-25(24)27)28(20-10-14-22(15-11-20)30(2)3)21-12-16-23(17-13-21)31(4)5/h6-19H,1-5H3/p+1. The van der Waals surface area contributed by atoms with Crippen LogP contribution in [0.3, 0.4) is 0 Å². The molecule has 1 N–H and O–H groups in total. The van der Waals surface area contributed by atoms with E-state index in [9.17, 15) is 0 Å². The zero-order valence-corrected chi connectivity index (χ0v) is 19.0. The molecule has 0 aliphatic heterocycles. The van der Waals surface area contributed by atoms with E-state index in [2.05, 4.69) is 128 Å². The van der Waals surface area contributed by atoms with Crippen LogP contribution in [0.4, 0.5) is 11.4 Å². The molecule has 0 radical (unpaired) electrons. The number of anilines is 2.